The van der Waals surface area contributed by atoms with Crippen molar-refractivity contribution in [3.05, 3.63) is 65.7 Å². The molecule has 4 nitrogen and oxygen atoms in total. The van der Waals surface area contributed by atoms with Crippen molar-refractivity contribution in [2.24, 2.45) is 0 Å². The maximum Gasteiger partial charge on any atom is 0.330 e. The van der Waals surface area contributed by atoms with Gasteiger partial charge in [-0.1, -0.05) is 50.2 Å². The number of benzene rings is 2. The maximum absolute atomic E-state index is 11.4. The second-order valence-corrected chi connectivity index (χ2v) is 8.14. The molecule has 0 fully saturated rings. The van der Waals surface area contributed by atoms with Crippen molar-refractivity contribution in [1.29, 1.82) is 0 Å². The number of nitrogens with zero attached hydrogens (tertiary/aromatic N) is 1. The van der Waals surface area contributed by atoms with Gasteiger partial charge in [0, 0.05) is 35.5 Å². The Kier molecular flexibility index (Phi) is 11.1. The van der Waals surface area contributed by atoms with Gasteiger partial charge in [-0.25, -0.2) is 4.79 Å². The molecule has 0 atom stereocenters. The van der Waals surface area contributed by atoms with Crippen molar-refractivity contribution in [2.45, 2.75) is 31.6 Å². The van der Waals surface area contributed by atoms with Crippen molar-refractivity contribution < 1.29 is 9.53 Å². The Morgan fingerprint density at radius 1 is 1.13 bits per heavy atom. The first-order valence-corrected chi connectivity index (χ1v) is 11.7. The number of anilines is 1. The summed E-state index contributed by atoms with van der Waals surface area (Å²) in [4.78, 5) is 15.1. The third-order valence-corrected chi connectivity index (χ3v) is 6.03. The van der Waals surface area contributed by atoms with Crippen molar-refractivity contribution in [2.75, 3.05) is 44.4 Å². The van der Waals surface area contributed by atoms with Gasteiger partial charge < -0.3 is 15.0 Å². The molecule has 0 aliphatic carbocycles. The second kappa shape index (κ2) is 13.9. The number of carbonyl (C=O) groups is 1. The lowest BCUT2D eigenvalue weighted by molar-refractivity contribution is -0.134. The maximum atomic E-state index is 11.4. The number of esters is 1. The van der Waals surface area contributed by atoms with Gasteiger partial charge in [0.15, 0.2) is 0 Å². The lowest BCUT2D eigenvalue weighted by Crippen LogP contribution is -2.25. The van der Waals surface area contributed by atoms with Crippen LogP contribution in [0.4, 0.5) is 5.69 Å². The Morgan fingerprint density at radius 2 is 1.90 bits per heavy atom. The van der Waals surface area contributed by atoms with Crippen molar-refractivity contribution >= 4 is 29.5 Å². The quantitative estimate of drug-likeness (QED) is 0.202. The summed E-state index contributed by atoms with van der Waals surface area (Å²) in [5, 5.41) is 3.61. The van der Waals surface area contributed by atoms with Gasteiger partial charge in [0.05, 0.1) is 7.11 Å². The molecule has 0 saturated heterocycles. The number of carbonyl (C=O) groups excluding carboxylic acids is 1. The van der Waals surface area contributed by atoms with E-state index >= 15 is 0 Å². The fraction of sp³-hybridized carbons (Fsp3) is 0.400. The summed E-state index contributed by atoms with van der Waals surface area (Å²) in [7, 11) is 1.39. The van der Waals surface area contributed by atoms with E-state index in [0.717, 1.165) is 56.0 Å². The molecule has 0 saturated carbocycles. The minimum atomic E-state index is -0.343. The summed E-state index contributed by atoms with van der Waals surface area (Å²) in [5.74, 6) is 0.711. The predicted octanol–water partition coefficient (Wildman–Crippen LogP) is 5.35. The van der Waals surface area contributed by atoms with Gasteiger partial charge >= 0.3 is 5.97 Å². The lowest BCUT2D eigenvalue weighted by Gasteiger charge is -2.18. The van der Waals surface area contributed by atoms with E-state index < -0.39 is 0 Å². The molecule has 0 amide bonds. The minimum Gasteiger partial charge on any atom is -0.466 e. The molecular formula is C25H34N2O2S. The van der Waals surface area contributed by atoms with Gasteiger partial charge in [-0.05, 0) is 55.3 Å². The highest BCUT2D eigenvalue weighted by Gasteiger charge is 2.06. The number of hydrogen-bond donors (Lipinski definition) is 1. The van der Waals surface area contributed by atoms with Gasteiger partial charge in [0.2, 0.25) is 0 Å². The second-order valence-electron chi connectivity index (χ2n) is 7.00. The van der Waals surface area contributed by atoms with E-state index in [1.54, 1.807) is 6.08 Å². The Morgan fingerprint density at radius 3 is 2.60 bits per heavy atom. The summed E-state index contributed by atoms with van der Waals surface area (Å²) in [6.07, 6.45) is 5.38. The van der Waals surface area contributed by atoms with Crippen LogP contribution in [-0.4, -0.2) is 49.9 Å². The van der Waals surface area contributed by atoms with E-state index in [9.17, 15) is 4.79 Å². The highest BCUT2D eigenvalue weighted by molar-refractivity contribution is 7.99. The van der Waals surface area contributed by atoms with Gasteiger partial charge in [0.25, 0.3) is 0 Å². The Balaban J connectivity index is 2.00. The molecule has 0 unspecified atom stereocenters. The van der Waals surface area contributed by atoms with E-state index in [-0.39, 0.29) is 5.97 Å². The number of nitrogens with one attached hydrogen (secondary N) is 1. The molecule has 0 aromatic heterocycles. The van der Waals surface area contributed by atoms with E-state index in [0.29, 0.717) is 0 Å². The first-order chi connectivity index (χ1) is 14.7. The summed E-state index contributed by atoms with van der Waals surface area (Å²) < 4.78 is 4.69. The molecule has 0 heterocycles. The van der Waals surface area contributed by atoms with Crippen LogP contribution in [0, 0.1) is 0 Å². The standard InChI is InChI=1S/C25H34N2O2S/c1-4-27(5-2)18-19-30-24-15-13-22(14-16-25(28)29-3)20-23(24)26-17-9-12-21-10-7-6-8-11-21/h6-8,10-11,13-16,20,26H,4-5,9,12,17-19H2,1-3H3/b16-14+. The molecule has 30 heavy (non-hydrogen) atoms. The molecule has 0 bridgehead atoms. The van der Waals surface area contributed by atoms with Crippen LogP contribution >= 0.6 is 11.8 Å². The van der Waals surface area contributed by atoms with Gasteiger partial charge in [-0.3, -0.25) is 0 Å². The molecule has 0 radical (unpaired) electrons. The third kappa shape index (κ3) is 8.64. The molecule has 2 aromatic rings. The predicted molar refractivity (Wildman–Crippen MR) is 129 cm³/mol. The molecule has 0 aliphatic heterocycles. The molecule has 0 spiro atoms. The van der Waals surface area contributed by atoms with E-state index in [1.807, 2.05) is 17.8 Å². The van der Waals surface area contributed by atoms with Crippen LogP contribution in [0.2, 0.25) is 0 Å². The Hall–Kier alpha value is -2.24. The number of thioether (sulfide) groups is 1. The lowest BCUT2D eigenvalue weighted by atomic mass is 10.1. The average Bonchev–Trinajstić information content (AvgIpc) is 2.79. The monoisotopic (exact) mass is 426 g/mol. The molecular weight excluding hydrogens is 392 g/mol. The van der Waals surface area contributed by atoms with E-state index in [4.69, 9.17) is 4.74 Å². The van der Waals surface area contributed by atoms with Crippen LogP contribution in [0.15, 0.2) is 59.5 Å². The Labute approximate surface area is 185 Å². The SMILES string of the molecule is CCN(CC)CCSc1ccc(/C=C/C(=O)OC)cc1NCCCc1ccccc1. The van der Waals surface area contributed by atoms with E-state index in [1.165, 1.54) is 23.6 Å². The Bertz CT molecular complexity index is 789. The minimum absolute atomic E-state index is 0.343. The molecule has 2 rings (SSSR count). The molecule has 1 N–H and O–H groups in total. The summed E-state index contributed by atoms with van der Waals surface area (Å²) in [5.41, 5.74) is 3.47. The fourth-order valence-electron chi connectivity index (χ4n) is 3.13. The van der Waals surface area contributed by atoms with Crippen LogP contribution in [-0.2, 0) is 16.0 Å². The highest BCUT2D eigenvalue weighted by Crippen LogP contribution is 2.29. The van der Waals surface area contributed by atoms with Crippen LogP contribution < -0.4 is 5.32 Å². The van der Waals surface area contributed by atoms with Gasteiger partial charge in [0.1, 0.15) is 0 Å². The largest absolute Gasteiger partial charge is 0.466 e. The van der Waals surface area contributed by atoms with Gasteiger partial charge in [-0.2, -0.15) is 0 Å². The third-order valence-electron chi connectivity index (χ3n) is 4.98. The number of methoxy groups -OCH3 is 1. The molecule has 2 aromatic carbocycles. The van der Waals surface area contributed by atoms with Crippen molar-refractivity contribution in [3.8, 4) is 0 Å². The molecule has 5 heteroatoms. The zero-order valence-electron chi connectivity index (χ0n) is 18.4. The molecule has 0 aliphatic rings. The van der Waals surface area contributed by atoms with Crippen LogP contribution in [0.5, 0.6) is 0 Å². The van der Waals surface area contributed by atoms with Crippen molar-refractivity contribution in [1.82, 2.24) is 4.90 Å². The average molecular weight is 427 g/mol. The first-order valence-electron chi connectivity index (χ1n) is 10.7. The fourth-order valence-corrected chi connectivity index (χ4v) is 4.15. The van der Waals surface area contributed by atoms with Gasteiger partial charge in [-0.15, -0.1) is 11.8 Å². The normalized spacial score (nSPS) is 11.2. The zero-order valence-corrected chi connectivity index (χ0v) is 19.2. The number of ether oxygens (including phenoxy) is 1. The number of aryl methyl sites for hydroxylation is 1. The highest BCUT2D eigenvalue weighted by atomic mass is 32.2. The summed E-state index contributed by atoms with van der Waals surface area (Å²) in [6.45, 7) is 8.56. The smallest absolute Gasteiger partial charge is 0.330 e. The zero-order chi connectivity index (χ0) is 21.6. The summed E-state index contributed by atoms with van der Waals surface area (Å²) in [6, 6.07) is 16.9. The van der Waals surface area contributed by atoms with Crippen LogP contribution in [0.1, 0.15) is 31.4 Å². The number of hydrogen-bond acceptors (Lipinski definition) is 5. The first kappa shape index (κ1) is 24.0. The topological polar surface area (TPSA) is 41.6 Å². The number of rotatable bonds is 13. The van der Waals surface area contributed by atoms with E-state index in [2.05, 4.69) is 66.5 Å². The molecule has 162 valence electrons. The van der Waals surface area contributed by atoms with Crippen LogP contribution in [0.25, 0.3) is 6.08 Å². The van der Waals surface area contributed by atoms with Crippen molar-refractivity contribution in [3.63, 3.8) is 0 Å². The summed E-state index contributed by atoms with van der Waals surface area (Å²) >= 11 is 1.88. The van der Waals surface area contributed by atoms with Crippen LogP contribution in [0.3, 0.4) is 0 Å².